The maximum absolute atomic E-state index is 12.4. The molecule has 0 bridgehead atoms. The molecule has 0 unspecified atom stereocenters. The largest absolute Gasteiger partial charge is 0.352 e. The molecule has 0 saturated carbocycles. The standard InChI is InChI=1S/C16H16Cl2N6O2/c1-23(2)15(26)12-11-13(24(3)22-12)14(25)21-16(20-11)19-7-8-4-5-9(17)10(18)6-8/h4-6H,7H2,1-3H3,(H2,19,20,21,25). The Labute approximate surface area is 158 Å². The van der Waals surface area contributed by atoms with E-state index >= 15 is 0 Å². The number of halogens is 2. The summed E-state index contributed by atoms with van der Waals surface area (Å²) in [6.07, 6.45) is 0. The molecule has 0 fully saturated rings. The van der Waals surface area contributed by atoms with E-state index < -0.39 is 0 Å². The number of rotatable bonds is 4. The Kier molecular flexibility index (Phi) is 4.88. The number of benzene rings is 1. The van der Waals surface area contributed by atoms with Crippen molar-refractivity contribution >= 4 is 46.1 Å². The number of hydrogen-bond acceptors (Lipinski definition) is 5. The molecular weight excluding hydrogens is 379 g/mol. The van der Waals surface area contributed by atoms with Crippen molar-refractivity contribution in [1.29, 1.82) is 0 Å². The lowest BCUT2D eigenvalue weighted by Crippen LogP contribution is -2.23. The fourth-order valence-corrected chi connectivity index (χ4v) is 2.78. The van der Waals surface area contributed by atoms with E-state index in [1.165, 1.54) is 9.58 Å². The highest BCUT2D eigenvalue weighted by Gasteiger charge is 2.21. The number of carbonyl (C=O) groups excluding carboxylic acids is 1. The van der Waals surface area contributed by atoms with E-state index in [0.29, 0.717) is 16.6 Å². The summed E-state index contributed by atoms with van der Waals surface area (Å²) in [5.74, 6) is -0.0986. The normalized spacial score (nSPS) is 11.0. The number of aryl methyl sites for hydroxylation is 1. The van der Waals surface area contributed by atoms with Crippen molar-refractivity contribution in [1.82, 2.24) is 24.6 Å². The molecule has 0 aliphatic carbocycles. The van der Waals surface area contributed by atoms with Gasteiger partial charge in [-0.2, -0.15) is 5.10 Å². The molecule has 0 radical (unpaired) electrons. The number of nitrogens with one attached hydrogen (secondary N) is 2. The number of amides is 1. The Bertz CT molecular complexity index is 1060. The highest BCUT2D eigenvalue weighted by atomic mass is 35.5. The summed E-state index contributed by atoms with van der Waals surface area (Å²) in [7, 11) is 4.81. The molecule has 2 heterocycles. The number of aromatic nitrogens is 4. The zero-order valence-electron chi connectivity index (χ0n) is 14.3. The van der Waals surface area contributed by atoms with Crippen LogP contribution in [0.25, 0.3) is 11.0 Å². The first-order valence-corrected chi connectivity index (χ1v) is 8.40. The Hall–Kier alpha value is -2.58. The van der Waals surface area contributed by atoms with E-state index in [1.54, 1.807) is 33.3 Å². The molecule has 0 atom stereocenters. The van der Waals surface area contributed by atoms with Crippen LogP contribution in [-0.4, -0.2) is 44.7 Å². The van der Waals surface area contributed by atoms with Crippen LogP contribution in [-0.2, 0) is 13.6 Å². The minimum absolute atomic E-state index is 0.121. The molecule has 26 heavy (non-hydrogen) atoms. The Morgan fingerprint density at radius 1 is 1.31 bits per heavy atom. The summed E-state index contributed by atoms with van der Waals surface area (Å²) in [6, 6.07) is 5.22. The smallest absolute Gasteiger partial charge is 0.278 e. The number of anilines is 1. The van der Waals surface area contributed by atoms with Crippen molar-refractivity contribution in [2.75, 3.05) is 19.4 Å². The fourth-order valence-electron chi connectivity index (χ4n) is 2.45. The molecule has 3 rings (SSSR count). The van der Waals surface area contributed by atoms with Gasteiger partial charge in [-0.25, -0.2) is 4.98 Å². The van der Waals surface area contributed by atoms with E-state index in [-0.39, 0.29) is 34.1 Å². The zero-order valence-corrected chi connectivity index (χ0v) is 15.8. The van der Waals surface area contributed by atoms with Gasteiger partial charge in [0.1, 0.15) is 5.52 Å². The third-order valence-corrected chi connectivity index (χ3v) is 4.48. The highest BCUT2D eigenvalue weighted by molar-refractivity contribution is 6.42. The zero-order chi connectivity index (χ0) is 19.0. The van der Waals surface area contributed by atoms with Gasteiger partial charge in [-0.05, 0) is 17.7 Å². The average Bonchev–Trinajstić information content (AvgIpc) is 2.92. The van der Waals surface area contributed by atoms with Crippen LogP contribution in [0.15, 0.2) is 23.0 Å². The quantitative estimate of drug-likeness (QED) is 0.707. The minimum Gasteiger partial charge on any atom is -0.352 e. The van der Waals surface area contributed by atoms with Crippen LogP contribution < -0.4 is 10.9 Å². The molecule has 0 spiro atoms. The Morgan fingerprint density at radius 3 is 2.69 bits per heavy atom. The summed E-state index contributed by atoms with van der Waals surface area (Å²) in [5, 5.41) is 8.05. The van der Waals surface area contributed by atoms with Crippen LogP contribution in [0.3, 0.4) is 0 Å². The van der Waals surface area contributed by atoms with Gasteiger partial charge >= 0.3 is 0 Å². The second kappa shape index (κ2) is 6.97. The van der Waals surface area contributed by atoms with Crippen LogP contribution in [0.5, 0.6) is 0 Å². The molecule has 0 aliphatic rings. The number of aromatic amines is 1. The van der Waals surface area contributed by atoms with Crippen molar-refractivity contribution < 1.29 is 4.79 Å². The van der Waals surface area contributed by atoms with E-state index in [2.05, 4.69) is 20.4 Å². The van der Waals surface area contributed by atoms with E-state index in [4.69, 9.17) is 23.2 Å². The van der Waals surface area contributed by atoms with Gasteiger partial charge in [-0.15, -0.1) is 0 Å². The lowest BCUT2D eigenvalue weighted by atomic mass is 10.2. The average molecular weight is 395 g/mol. The molecule has 0 saturated heterocycles. The van der Waals surface area contributed by atoms with Crippen LogP contribution in [0.2, 0.25) is 10.0 Å². The molecule has 3 aromatic rings. The van der Waals surface area contributed by atoms with Crippen LogP contribution in [0, 0.1) is 0 Å². The first kappa shape index (κ1) is 18.2. The van der Waals surface area contributed by atoms with Gasteiger partial charge in [0.25, 0.3) is 11.5 Å². The predicted octanol–water partition coefficient (Wildman–Crippen LogP) is 2.28. The second-order valence-corrected chi connectivity index (χ2v) is 6.70. The molecular formula is C16H16Cl2N6O2. The van der Waals surface area contributed by atoms with Gasteiger partial charge in [0.2, 0.25) is 5.95 Å². The maximum Gasteiger partial charge on any atom is 0.278 e. The third-order valence-electron chi connectivity index (χ3n) is 3.75. The van der Waals surface area contributed by atoms with E-state index in [9.17, 15) is 9.59 Å². The first-order chi connectivity index (χ1) is 12.3. The SMILES string of the molecule is CN(C)C(=O)c1nn(C)c2c(=O)[nH]c(NCc3ccc(Cl)c(Cl)c3)nc12. The number of carbonyl (C=O) groups is 1. The monoisotopic (exact) mass is 394 g/mol. The molecule has 1 amide bonds. The van der Waals surface area contributed by atoms with Gasteiger partial charge in [0.05, 0.1) is 10.0 Å². The van der Waals surface area contributed by atoms with Crippen molar-refractivity contribution in [2.45, 2.75) is 6.54 Å². The lowest BCUT2D eigenvalue weighted by Gasteiger charge is -2.08. The first-order valence-electron chi connectivity index (χ1n) is 7.64. The lowest BCUT2D eigenvalue weighted by molar-refractivity contribution is 0.0823. The van der Waals surface area contributed by atoms with Crippen molar-refractivity contribution in [2.24, 2.45) is 7.05 Å². The molecule has 136 valence electrons. The van der Waals surface area contributed by atoms with Gasteiger partial charge < -0.3 is 10.2 Å². The molecule has 2 aromatic heterocycles. The van der Waals surface area contributed by atoms with E-state index in [0.717, 1.165) is 5.56 Å². The number of hydrogen-bond donors (Lipinski definition) is 2. The predicted molar refractivity (Wildman–Crippen MR) is 101 cm³/mol. The summed E-state index contributed by atoms with van der Waals surface area (Å²) < 4.78 is 1.35. The van der Waals surface area contributed by atoms with E-state index in [1.807, 2.05) is 6.07 Å². The van der Waals surface area contributed by atoms with Crippen LogP contribution >= 0.6 is 23.2 Å². The molecule has 10 heteroatoms. The van der Waals surface area contributed by atoms with Crippen molar-refractivity contribution in [3.05, 3.63) is 49.9 Å². The number of H-pyrrole nitrogens is 1. The highest BCUT2D eigenvalue weighted by Crippen LogP contribution is 2.23. The molecule has 1 aromatic carbocycles. The van der Waals surface area contributed by atoms with Gasteiger partial charge in [0, 0.05) is 27.7 Å². The van der Waals surface area contributed by atoms with Crippen molar-refractivity contribution in [3.63, 3.8) is 0 Å². The van der Waals surface area contributed by atoms with Gasteiger partial charge in [0.15, 0.2) is 11.2 Å². The van der Waals surface area contributed by atoms with Crippen molar-refractivity contribution in [3.8, 4) is 0 Å². The maximum atomic E-state index is 12.4. The molecule has 8 nitrogen and oxygen atoms in total. The second-order valence-electron chi connectivity index (χ2n) is 5.89. The molecule has 2 N–H and O–H groups in total. The summed E-state index contributed by atoms with van der Waals surface area (Å²) in [5.41, 5.74) is 1.07. The summed E-state index contributed by atoms with van der Waals surface area (Å²) in [6.45, 7) is 0.364. The number of nitrogens with zero attached hydrogens (tertiary/aromatic N) is 4. The summed E-state index contributed by atoms with van der Waals surface area (Å²) >= 11 is 11.9. The molecule has 0 aliphatic heterocycles. The van der Waals surface area contributed by atoms with Gasteiger partial charge in [-0.1, -0.05) is 29.3 Å². The fraction of sp³-hybridized carbons (Fsp3) is 0.250. The van der Waals surface area contributed by atoms with Crippen LogP contribution in [0.4, 0.5) is 5.95 Å². The van der Waals surface area contributed by atoms with Crippen LogP contribution in [0.1, 0.15) is 16.1 Å². The summed E-state index contributed by atoms with van der Waals surface area (Å²) in [4.78, 5) is 33.1. The Balaban J connectivity index is 1.96. The van der Waals surface area contributed by atoms with Gasteiger partial charge in [-0.3, -0.25) is 19.3 Å². The third kappa shape index (κ3) is 3.38. The number of fused-ring (bicyclic) bond motifs is 1. The Morgan fingerprint density at radius 2 is 2.04 bits per heavy atom. The minimum atomic E-state index is -0.389. The topological polar surface area (TPSA) is 95.9 Å².